The first kappa shape index (κ1) is 14.3. The molecule has 0 saturated carbocycles. The lowest BCUT2D eigenvalue weighted by atomic mass is 10.2. The van der Waals surface area contributed by atoms with Crippen LogP contribution >= 0.6 is 27.7 Å². The molecular weight excluding hydrogens is 304 g/mol. The lowest BCUT2D eigenvalue weighted by Gasteiger charge is -2.05. The first-order valence-electron chi connectivity index (χ1n) is 5.13. The van der Waals surface area contributed by atoms with Crippen molar-refractivity contribution in [2.45, 2.75) is 18.7 Å². The van der Waals surface area contributed by atoms with Crippen LogP contribution in [-0.4, -0.2) is 24.1 Å². The number of rotatable bonds is 5. The Bertz CT molecular complexity index is 432. The topological polar surface area (TPSA) is 43.4 Å². The molecule has 0 bridgehead atoms. The molecule has 0 aliphatic rings. The number of halogens is 1. The molecule has 0 aliphatic heterocycles. The number of hydrogen-bond acceptors (Lipinski definition) is 4. The summed E-state index contributed by atoms with van der Waals surface area (Å²) in [5, 5.41) is 0. The van der Waals surface area contributed by atoms with Crippen LogP contribution in [0.5, 0.6) is 0 Å². The summed E-state index contributed by atoms with van der Waals surface area (Å²) in [6.45, 7) is 3.65. The highest BCUT2D eigenvalue weighted by atomic mass is 79.9. The smallest absolute Gasteiger partial charge is 0.338 e. The Morgan fingerprint density at radius 1 is 1.35 bits per heavy atom. The van der Waals surface area contributed by atoms with Crippen molar-refractivity contribution < 1.29 is 14.3 Å². The van der Waals surface area contributed by atoms with E-state index in [-0.39, 0.29) is 11.8 Å². The molecule has 0 fully saturated rings. The van der Waals surface area contributed by atoms with Gasteiger partial charge in [0.15, 0.2) is 0 Å². The number of esters is 1. The van der Waals surface area contributed by atoms with Gasteiger partial charge < -0.3 is 4.74 Å². The molecule has 17 heavy (non-hydrogen) atoms. The van der Waals surface area contributed by atoms with Crippen LogP contribution < -0.4 is 0 Å². The van der Waals surface area contributed by atoms with Gasteiger partial charge in [-0.1, -0.05) is 15.9 Å². The lowest BCUT2D eigenvalue weighted by molar-refractivity contribution is -0.114. The van der Waals surface area contributed by atoms with E-state index in [0.717, 1.165) is 9.37 Å². The Morgan fingerprint density at radius 3 is 2.65 bits per heavy atom. The van der Waals surface area contributed by atoms with Gasteiger partial charge in [0.2, 0.25) is 0 Å². The molecule has 0 unspecified atom stereocenters. The predicted octanol–water partition coefficient (Wildman–Crippen LogP) is 3.31. The van der Waals surface area contributed by atoms with Crippen molar-refractivity contribution in [2.75, 3.05) is 12.4 Å². The largest absolute Gasteiger partial charge is 0.462 e. The second kappa shape index (κ2) is 6.81. The Labute approximate surface area is 113 Å². The Kier molecular flexibility index (Phi) is 5.71. The van der Waals surface area contributed by atoms with Crippen LogP contribution in [0.2, 0.25) is 0 Å². The van der Waals surface area contributed by atoms with E-state index in [2.05, 4.69) is 15.9 Å². The third kappa shape index (κ3) is 4.91. The van der Waals surface area contributed by atoms with E-state index in [1.165, 1.54) is 18.7 Å². The van der Waals surface area contributed by atoms with Gasteiger partial charge in [0, 0.05) is 9.37 Å². The average molecular weight is 317 g/mol. The molecule has 0 radical (unpaired) electrons. The van der Waals surface area contributed by atoms with Crippen molar-refractivity contribution in [1.29, 1.82) is 0 Å². The molecule has 0 amide bonds. The number of carbonyl (C=O) groups excluding carboxylic acids is 2. The molecule has 0 atom stereocenters. The minimum Gasteiger partial charge on any atom is -0.462 e. The molecule has 0 saturated heterocycles. The van der Waals surface area contributed by atoms with E-state index in [1.807, 2.05) is 6.07 Å². The third-order valence-corrected chi connectivity index (χ3v) is 3.40. The van der Waals surface area contributed by atoms with Gasteiger partial charge in [-0.2, -0.15) is 0 Å². The van der Waals surface area contributed by atoms with Crippen LogP contribution in [0.15, 0.2) is 27.6 Å². The van der Waals surface area contributed by atoms with Crippen LogP contribution in [0.3, 0.4) is 0 Å². The number of benzene rings is 1. The van der Waals surface area contributed by atoms with E-state index in [1.54, 1.807) is 19.1 Å². The van der Waals surface area contributed by atoms with Crippen molar-refractivity contribution in [3.8, 4) is 0 Å². The quantitative estimate of drug-likeness (QED) is 0.617. The lowest BCUT2D eigenvalue weighted by Crippen LogP contribution is -2.04. The summed E-state index contributed by atoms with van der Waals surface area (Å²) < 4.78 is 5.73. The number of carbonyl (C=O) groups is 2. The maximum Gasteiger partial charge on any atom is 0.338 e. The molecule has 1 aromatic rings. The summed E-state index contributed by atoms with van der Waals surface area (Å²) in [7, 11) is 0. The molecule has 0 spiro atoms. The van der Waals surface area contributed by atoms with Gasteiger partial charge in [-0.25, -0.2) is 4.79 Å². The molecule has 0 N–H and O–H groups in total. The summed E-state index contributed by atoms with van der Waals surface area (Å²) in [6.07, 6.45) is 0. The fourth-order valence-electron chi connectivity index (χ4n) is 1.16. The number of ketones is 1. The predicted molar refractivity (Wildman–Crippen MR) is 71.5 cm³/mol. The normalized spacial score (nSPS) is 10.1. The Morgan fingerprint density at radius 2 is 2.06 bits per heavy atom. The van der Waals surface area contributed by atoms with Gasteiger partial charge in [-0.05, 0) is 32.0 Å². The van der Waals surface area contributed by atoms with Gasteiger partial charge >= 0.3 is 5.97 Å². The summed E-state index contributed by atoms with van der Waals surface area (Å²) in [5.74, 6) is 0.157. The van der Waals surface area contributed by atoms with Crippen molar-refractivity contribution in [2.24, 2.45) is 0 Å². The second-order valence-corrected chi connectivity index (χ2v) is 5.35. The summed E-state index contributed by atoms with van der Waals surface area (Å²) in [6, 6.07) is 5.31. The van der Waals surface area contributed by atoms with E-state index in [4.69, 9.17) is 4.74 Å². The summed E-state index contributed by atoms with van der Waals surface area (Å²) in [5.41, 5.74) is 0.493. The van der Waals surface area contributed by atoms with E-state index < -0.39 is 0 Å². The van der Waals surface area contributed by atoms with Crippen molar-refractivity contribution in [3.63, 3.8) is 0 Å². The van der Waals surface area contributed by atoms with Crippen LogP contribution in [0, 0.1) is 0 Å². The first-order chi connectivity index (χ1) is 8.02. The van der Waals surface area contributed by atoms with Crippen LogP contribution in [0.1, 0.15) is 24.2 Å². The van der Waals surface area contributed by atoms with Gasteiger partial charge in [0.1, 0.15) is 5.78 Å². The zero-order chi connectivity index (χ0) is 12.8. The van der Waals surface area contributed by atoms with E-state index >= 15 is 0 Å². The highest BCUT2D eigenvalue weighted by Crippen LogP contribution is 2.24. The molecular formula is C12H13BrO3S. The Balaban J connectivity index is 2.86. The molecule has 92 valence electrons. The molecule has 0 aromatic heterocycles. The van der Waals surface area contributed by atoms with Gasteiger partial charge in [-0.15, -0.1) is 11.8 Å². The number of thioether (sulfide) groups is 1. The SMILES string of the molecule is CCOC(=O)c1cc(Br)cc(SCC(C)=O)c1. The monoisotopic (exact) mass is 316 g/mol. The van der Waals surface area contributed by atoms with E-state index in [0.29, 0.717) is 17.9 Å². The third-order valence-electron chi connectivity index (χ3n) is 1.82. The fourth-order valence-corrected chi connectivity index (χ4v) is 2.60. The molecule has 1 rings (SSSR count). The highest BCUT2D eigenvalue weighted by molar-refractivity contribution is 9.10. The van der Waals surface area contributed by atoms with Crippen LogP contribution in [0.4, 0.5) is 0 Å². The standard InChI is InChI=1S/C12H13BrO3S/c1-3-16-12(15)9-4-10(13)6-11(5-9)17-7-8(2)14/h4-6H,3,7H2,1-2H3. The molecule has 0 aliphatic carbocycles. The Hall–Kier alpha value is -0.810. The second-order valence-electron chi connectivity index (χ2n) is 3.39. The first-order valence-corrected chi connectivity index (χ1v) is 6.90. The summed E-state index contributed by atoms with van der Waals surface area (Å²) in [4.78, 5) is 23.3. The zero-order valence-corrected chi connectivity index (χ0v) is 12.1. The molecule has 3 nitrogen and oxygen atoms in total. The molecule has 1 aromatic carbocycles. The maximum absolute atomic E-state index is 11.6. The van der Waals surface area contributed by atoms with Crippen molar-refractivity contribution in [1.82, 2.24) is 0 Å². The fraction of sp³-hybridized carbons (Fsp3) is 0.333. The van der Waals surface area contributed by atoms with Gasteiger partial charge in [-0.3, -0.25) is 4.79 Å². The molecule has 5 heteroatoms. The molecule has 0 heterocycles. The summed E-state index contributed by atoms with van der Waals surface area (Å²) >= 11 is 4.74. The van der Waals surface area contributed by atoms with E-state index in [9.17, 15) is 9.59 Å². The number of ether oxygens (including phenoxy) is 1. The number of Topliss-reactive ketones (excluding diaryl/α,β-unsaturated/α-hetero) is 1. The number of hydrogen-bond donors (Lipinski definition) is 0. The minimum absolute atomic E-state index is 0.104. The zero-order valence-electron chi connectivity index (χ0n) is 9.66. The van der Waals surface area contributed by atoms with Crippen molar-refractivity contribution >= 4 is 39.4 Å². The van der Waals surface area contributed by atoms with Crippen LogP contribution in [0.25, 0.3) is 0 Å². The van der Waals surface area contributed by atoms with Gasteiger partial charge in [0.05, 0.1) is 17.9 Å². The minimum atomic E-state index is -0.349. The van der Waals surface area contributed by atoms with Gasteiger partial charge in [0.25, 0.3) is 0 Å². The highest BCUT2D eigenvalue weighted by Gasteiger charge is 2.09. The van der Waals surface area contributed by atoms with Crippen LogP contribution in [-0.2, 0) is 9.53 Å². The maximum atomic E-state index is 11.6. The van der Waals surface area contributed by atoms with Crippen molar-refractivity contribution in [3.05, 3.63) is 28.2 Å². The average Bonchev–Trinajstić information content (AvgIpc) is 2.26.